The lowest BCUT2D eigenvalue weighted by Crippen LogP contribution is -2.04. The van der Waals surface area contributed by atoms with Crippen molar-refractivity contribution in [3.63, 3.8) is 0 Å². The fourth-order valence-corrected chi connectivity index (χ4v) is 1.14. The third-order valence-electron chi connectivity index (χ3n) is 1.80. The molecule has 2 heterocycles. The van der Waals surface area contributed by atoms with E-state index in [0.29, 0.717) is 0 Å². The van der Waals surface area contributed by atoms with Crippen molar-refractivity contribution < 1.29 is 4.98 Å². The average molecular weight is 173 g/mol. The topological polar surface area (TPSA) is 36.1 Å². The highest BCUT2D eigenvalue weighted by atomic mass is 16.1. The van der Waals surface area contributed by atoms with Gasteiger partial charge in [-0.25, -0.2) is 4.98 Å². The lowest BCUT2D eigenvalue weighted by molar-refractivity contribution is -0.377. The lowest BCUT2D eigenvalue weighted by Gasteiger charge is -2.01. The maximum absolute atomic E-state index is 10.8. The van der Waals surface area contributed by atoms with E-state index in [1.807, 2.05) is 29.1 Å². The molecule has 0 atom stereocenters. The maximum atomic E-state index is 10.8. The summed E-state index contributed by atoms with van der Waals surface area (Å²) < 4.78 is 1.88. The number of hydrogen-bond acceptors (Lipinski definition) is 1. The van der Waals surface area contributed by atoms with Gasteiger partial charge < -0.3 is 4.57 Å². The number of nitrogens with zero attached hydrogens (tertiary/aromatic N) is 1. The molecule has 0 radical (unpaired) electrons. The van der Waals surface area contributed by atoms with Gasteiger partial charge in [0.25, 0.3) is 0 Å². The SMILES string of the molecule is O=c1ccn(-c2cc[nH+]cc2)cc1. The summed E-state index contributed by atoms with van der Waals surface area (Å²) in [7, 11) is 0. The minimum Gasteiger partial charge on any atom is -0.323 e. The van der Waals surface area contributed by atoms with Crippen molar-refractivity contribution in [1.29, 1.82) is 0 Å². The lowest BCUT2D eigenvalue weighted by atomic mass is 10.4. The predicted molar refractivity (Wildman–Crippen MR) is 48.6 cm³/mol. The quantitative estimate of drug-likeness (QED) is 0.623. The zero-order chi connectivity index (χ0) is 9.10. The Bertz CT molecular complexity index is 427. The van der Waals surface area contributed by atoms with Crippen molar-refractivity contribution in [3.05, 3.63) is 59.3 Å². The number of aromatic amines is 1. The Balaban J connectivity index is 2.48. The van der Waals surface area contributed by atoms with E-state index in [2.05, 4.69) is 4.98 Å². The molecular formula is C10H9N2O+. The van der Waals surface area contributed by atoms with Gasteiger partial charge in [-0.15, -0.1) is 0 Å². The second-order valence-corrected chi connectivity index (χ2v) is 2.70. The highest BCUT2D eigenvalue weighted by Crippen LogP contribution is 2.01. The Morgan fingerprint density at radius 3 is 2.23 bits per heavy atom. The molecule has 0 aliphatic heterocycles. The van der Waals surface area contributed by atoms with E-state index in [9.17, 15) is 4.79 Å². The molecule has 0 spiro atoms. The Kier molecular flexibility index (Phi) is 1.92. The van der Waals surface area contributed by atoms with Crippen molar-refractivity contribution >= 4 is 0 Å². The number of H-pyrrole nitrogens is 1. The minimum atomic E-state index is 0.0266. The van der Waals surface area contributed by atoms with Gasteiger partial charge in [-0.1, -0.05) is 0 Å². The first kappa shape index (κ1) is 7.73. The molecular weight excluding hydrogens is 164 g/mol. The average Bonchev–Trinajstić information content (AvgIpc) is 2.20. The summed E-state index contributed by atoms with van der Waals surface area (Å²) in [5.41, 5.74) is 1.05. The third kappa shape index (κ3) is 1.64. The van der Waals surface area contributed by atoms with Crippen molar-refractivity contribution in [3.8, 4) is 5.69 Å². The van der Waals surface area contributed by atoms with E-state index >= 15 is 0 Å². The third-order valence-corrected chi connectivity index (χ3v) is 1.80. The van der Waals surface area contributed by atoms with Crippen LogP contribution in [0.15, 0.2) is 53.8 Å². The van der Waals surface area contributed by atoms with E-state index in [-0.39, 0.29) is 5.43 Å². The molecule has 1 N–H and O–H groups in total. The molecule has 0 saturated carbocycles. The van der Waals surface area contributed by atoms with Gasteiger partial charge >= 0.3 is 0 Å². The van der Waals surface area contributed by atoms with E-state index < -0.39 is 0 Å². The summed E-state index contributed by atoms with van der Waals surface area (Å²) in [4.78, 5) is 13.8. The number of aromatic nitrogens is 2. The van der Waals surface area contributed by atoms with Crippen molar-refractivity contribution in [2.75, 3.05) is 0 Å². The highest BCUT2D eigenvalue weighted by Gasteiger charge is 1.93. The van der Waals surface area contributed by atoms with Crippen LogP contribution in [-0.2, 0) is 0 Å². The van der Waals surface area contributed by atoms with Crippen LogP contribution in [0.5, 0.6) is 0 Å². The number of pyridine rings is 2. The van der Waals surface area contributed by atoms with Gasteiger partial charge in [0.2, 0.25) is 0 Å². The molecule has 0 aliphatic rings. The summed E-state index contributed by atoms with van der Waals surface area (Å²) in [6.07, 6.45) is 7.18. The molecule has 64 valence electrons. The smallest absolute Gasteiger partial charge is 0.181 e. The zero-order valence-electron chi connectivity index (χ0n) is 6.97. The molecule has 2 aromatic heterocycles. The van der Waals surface area contributed by atoms with Crippen molar-refractivity contribution in [1.82, 2.24) is 4.57 Å². The highest BCUT2D eigenvalue weighted by molar-refractivity contribution is 5.27. The molecule has 0 aromatic carbocycles. The maximum Gasteiger partial charge on any atom is 0.181 e. The van der Waals surface area contributed by atoms with Crippen molar-refractivity contribution in [2.24, 2.45) is 0 Å². The van der Waals surface area contributed by atoms with Crippen LogP contribution in [0.2, 0.25) is 0 Å². The Labute approximate surface area is 75.3 Å². The van der Waals surface area contributed by atoms with Crippen LogP contribution in [0.25, 0.3) is 5.69 Å². The van der Waals surface area contributed by atoms with Crippen LogP contribution in [0.3, 0.4) is 0 Å². The van der Waals surface area contributed by atoms with Crippen LogP contribution < -0.4 is 10.4 Å². The Morgan fingerprint density at radius 1 is 1.00 bits per heavy atom. The van der Waals surface area contributed by atoms with Crippen molar-refractivity contribution in [2.45, 2.75) is 0 Å². The summed E-state index contributed by atoms with van der Waals surface area (Å²) in [6.45, 7) is 0. The monoisotopic (exact) mass is 173 g/mol. The molecule has 3 nitrogen and oxygen atoms in total. The fraction of sp³-hybridized carbons (Fsp3) is 0. The minimum absolute atomic E-state index is 0.0266. The van der Waals surface area contributed by atoms with Crippen LogP contribution in [0.1, 0.15) is 0 Å². The molecule has 0 fully saturated rings. The molecule has 2 rings (SSSR count). The second kappa shape index (κ2) is 3.23. The van der Waals surface area contributed by atoms with Gasteiger partial charge in [0, 0.05) is 36.7 Å². The number of nitrogens with one attached hydrogen (secondary N) is 1. The molecule has 3 heteroatoms. The molecule has 0 aliphatic carbocycles. The van der Waals surface area contributed by atoms with Gasteiger partial charge in [-0.05, 0) is 0 Å². The first-order valence-corrected chi connectivity index (χ1v) is 4.01. The molecule has 0 amide bonds. The van der Waals surface area contributed by atoms with E-state index in [4.69, 9.17) is 0 Å². The molecule has 0 bridgehead atoms. The van der Waals surface area contributed by atoms with Gasteiger partial charge in [-0.2, -0.15) is 0 Å². The first-order chi connectivity index (χ1) is 6.36. The number of rotatable bonds is 1. The summed E-state index contributed by atoms with van der Waals surface area (Å²) >= 11 is 0. The standard InChI is InChI=1S/C10H8N2O/c13-10-3-7-12(8-4-10)9-1-5-11-6-2-9/h1-8H/p+1. The molecule has 13 heavy (non-hydrogen) atoms. The Hall–Kier alpha value is -1.90. The predicted octanol–water partition coefficient (Wildman–Crippen LogP) is 0.652. The molecule has 2 aromatic rings. The van der Waals surface area contributed by atoms with E-state index in [1.165, 1.54) is 12.1 Å². The summed E-state index contributed by atoms with van der Waals surface area (Å²) in [5.74, 6) is 0. The van der Waals surface area contributed by atoms with Gasteiger partial charge in [0.05, 0.1) is 5.69 Å². The zero-order valence-corrected chi connectivity index (χ0v) is 6.97. The van der Waals surface area contributed by atoms with Gasteiger partial charge in [-0.3, -0.25) is 4.79 Å². The first-order valence-electron chi connectivity index (χ1n) is 4.01. The van der Waals surface area contributed by atoms with Crippen LogP contribution in [-0.4, -0.2) is 4.57 Å². The van der Waals surface area contributed by atoms with Gasteiger partial charge in [0.15, 0.2) is 17.8 Å². The second-order valence-electron chi connectivity index (χ2n) is 2.70. The fourth-order valence-electron chi connectivity index (χ4n) is 1.14. The summed E-state index contributed by atoms with van der Waals surface area (Å²) in [5, 5.41) is 0. The van der Waals surface area contributed by atoms with Crippen LogP contribution in [0.4, 0.5) is 0 Å². The van der Waals surface area contributed by atoms with Gasteiger partial charge in [0.1, 0.15) is 0 Å². The van der Waals surface area contributed by atoms with Crippen LogP contribution in [0, 0.1) is 0 Å². The molecule has 0 saturated heterocycles. The van der Waals surface area contributed by atoms with Crippen LogP contribution >= 0.6 is 0 Å². The normalized spacial score (nSPS) is 9.85. The molecule has 0 unspecified atom stereocenters. The van der Waals surface area contributed by atoms with E-state index in [1.54, 1.807) is 12.4 Å². The largest absolute Gasteiger partial charge is 0.323 e. The summed E-state index contributed by atoms with van der Waals surface area (Å²) in [6, 6.07) is 6.95. The van der Waals surface area contributed by atoms with E-state index in [0.717, 1.165) is 5.69 Å². The Morgan fingerprint density at radius 2 is 1.62 bits per heavy atom. The number of hydrogen-bond donors (Lipinski definition) is 0.